The molecule has 0 N–H and O–H groups in total. The van der Waals surface area contributed by atoms with Gasteiger partial charge in [-0.05, 0) is 53.6 Å². The fourth-order valence-electron chi connectivity index (χ4n) is 3.48. The van der Waals surface area contributed by atoms with Crippen LogP contribution in [-0.4, -0.2) is 6.61 Å². The molecule has 1 heterocycles. The molecule has 0 fully saturated rings. The molecule has 0 saturated heterocycles. The van der Waals surface area contributed by atoms with Crippen LogP contribution in [0, 0.1) is 0 Å². The first-order chi connectivity index (χ1) is 14.8. The van der Waals surface area contributed by atoms with E-state index in [1.807, 2.05) is 0 Å². The van der Waals surface area contributed by atoms with E-state index in [0.29, 0.717) is 6.61 Å². The van der Waals surface area contributed by atoms with Crippen molar-refractivity contribution in [3.63, 3.8) is 0 Å². The fraction of sp³-hybridized carbons (Fsp3) is 0.357. The molecule has 0 bridgehead atoms. The van der Waals surface area contributed by atoms with Gasteiger partial charge in [-0.15, -0.1) is 0 Å². The normalized spacial score (nSPS) is 11.3. The van der Waals surface area contributed by atoms with Crippen LogP contribution in [0.3, 0.4) is 0 Å². The van der Waals surface area contributed by atoms with Crippen molar-refractivity contribution in [2.75, 3.05) is 6.61 Å². The summed E-state index contributed by atoms with van der Waals surface area (Å²) < 4.78 is 5.83. The van der Waals surface area contributed by atoms with Gasteiger partial charge in [-0.25, -0.2) is 0 Å². The lowest BCUT2D eigenvalue weighted by atomic mass is 10.00. The Bertz CT molecular complexity index is 887. The molecule has 3 aromatic rings. The first kappa shape index (κ1) is 22.4. The topological polar surface area (TPSA) is 9.23 Å². The zero-order valence-corrected chi connectivity index (χ0v) is 19.2. The van der Waals surface area contributed by atoms with Gasteiger partial charge in [0.25, 0.3) is 0 Å². The molecule has 2 aromatic carbocycles. The van der Waals surface area contributed by atoms with Gasteiger partial charge in [0.1, 0.15) is 6.61 Å². The van der Waals surface area contributed by atoms with Crippen LogP contribution in [0.2, 0.25) is 0 Å². The summed E-state index contributed by atoms with van der Waals surface area (Å²) in [6, 6.07) is 22.2. The molecule has 3 rings (SSSR count). The Morgan fingerprint density at radius 2 is 1.40 bits per heavy atom. The van der Waals surface area contributed by atoms with Crippen LogP contribution in [0.5, 0.6) is 5.06 Å². The van der Waals surface area contributed by atoms with Crippen molar-refractivity contribution >= 4 is 11.3 Å². The van der Waals surface area contributed by atoms with Gasteiger partial charge in [0.15, 0.2) is 5.06 Å². The van der Waals surface area contributed by atoms with Crippen LogP contribution >= 0.6 is 11.3 Å². The second-order valence-electron chi connectivity index (χ2n) is 7.77. The van der Waals surface area contributed by atoms with Crippen LogP contribution < -0.4 is 4.74 Å². The van der Waals surface area contributed by atoms with Gasteiger partial charge in [0.2, 0.25) is 0 Å². The van der Waals surface area contributed by atoms with E-state index in [9.17, 15) is 0 Å². The van der Waals surface area contributed by atoms with Gasteiger partial charge in [-0.2, -0.15) is 0 Å². The first-order valence-corrected chi connectivity index (χ1v) is 12.2. The molecular formula is C28H34OS. The van der Waals surface area contributed by atoms with Crippen LogP contribution in [0.1, 0.15) is 57.9 Å². The molecule has 1 nitrogen and oxygen atoms in total. The highest BCUT2D eigenvalue weighted by Crippen LogP contribution is 2.34. The van der Waals surface area contributed by atoms with E-state index < -0.39 is 0 Å². The van der Waals surface area contributed by atoms with E-state index in [0.717, 1.165) is 11.5 Å². The summed E-state index contributed by atoms with van der Waals surface area (Å²) in [5.74, 6) is 0. The quantitative estimate of drug-likeness (QED) is 0.211. The number of ether oxygens (including phenoxy) is 1. The van der Waals surface area contributed by atoms with Crippen LogP contribution in [-0.2, 0) is 6.42 Å². The van der Waals surface area contributed by atoms with E-state index in [-0.39, 0.29) is 0 Å². The zero-order chi connectivity index (χ0) is 21.0. The third-order valence-corrected chi connectivity index (χ3v) is 6.35. The third kappa shape index (κ3) is 6.88. The summed E-state index contributed by atoms with van der Waals surface area (Å²) >= 11 is 1.71. The number of aryl methyl sites for hydroxylation is 1. The minimum atomic E-state index is 0.646. The average Bonchev–Trinajstić information content (AvgIpc) is 3.26. The number of allylic oxidation sites excluding steroid dienone is 1. The van der Waals surface area contributed by atoms with E-state index in [2.05, 4.69) is 86.7 Å². The molecule has 0 saturated carbocycles. The monoisotopic (exact) mass is 418 g/mol. The number of benzene rings is 2. The molecule has 2 heteroatoms. The van der Waals surface area contributed by atoms with E-state index in [1.165, 1.54) is 65.7 Å². The standard InChI is InChI=1S/C28H34OS/c1-3-5-7-9-11-23-12-14-24(15-13-23)25-16-18-26(19-17-25)27-20-21-28(30-27)29-22-10-8-6-4-2/h8,10,12-21H,3-7,9,11,22H2,1-2H3. The SMILES string of the molecule is CCCC=CCOc1ccc(-c2ccc(-c3ccc(CCCCCC)cc3)cc2)s1. The van der Waals surface area contributed by atoms with Crippen molar-refractivity contribution in [1.29, 1.82) is 0 Å². The number of unbranched alkanes of at least 4 members (excludes halogenated alkanes) is 4. The van der Waals surface area contributed by atoms with Crippen LogP contribution in [0.15, 0.2) is 72.8 Å². The fourth-order valence-corrected chi connectivity index (χ4v) is 4.35. The highest BCUT2D eigenvalue weighted by Gasteiger charge is 2.05. The van der Waals surface area contributed by atoms with Crippen molar-refractivity contribution in [3.05, 3.63) is 78.4 Å². The van der Waals surface area contributed by atoms with Gasteiger partial charge in [0.05, 0.1) is 0 Å². The number of hydrogen-bond donors (Lipinski definition) is 0. The summed E-state index contributed by atoms with van der Waals surface area (Å²) in [7, 11) is 0. The molecule has 0 aliphatic rings. The van der Waals surface area contributed by atoms with Crippen LogP contribution in [0.25, 0.3) is 21.6 Å². The van der Waals surface area contributed by atoms with E-state index in [1.54, 1.807) is 11.3 Å². The lowest BCUT2D eigenvalue weighted by Gasteiger charge is -2.06. The zero-order valence-electron chi connectivity index (χ0n) is 18.4. The summed E-state index contributed by atoms with van der Waals surface area (Å²) in [5, 5.41) is 0.977. The molecule has 0 amide bonds. The van der Waals surface area contributed by atoms with Crippen molar-refractivity contribution in [3.8, 4) is 26.6 Å². The second kappa shape index (κ2) is 12.4. The summed E-state index contributed by atoms with van der Waals surface area (Å²) in [5.41, 5.74) is 5.24. The molecule has 0 radical (unpaired) electrons. The Balaban J connectivity index is 1.56. The molecule has 158 valence electrons. The maximum atomic E-state index is 5.83. The Morgan fingerprint density at radius 3 is 2.10 bits per heavy atom. The predicted octanol–water partition coefficient (Wildman–Crippen LogP) is 8.94. The summed E-state index contributed by atoms with van der Waals surface area (Å²) in [6.07, 6.45) is 13.1. The van der Waals surface area contributed by atoms with Crippen LogP contribution in [0.4, 0.5) is 0 Å². The third-order valence-electron chi connectivity index (χ3n) is 5.30. The molecule has 0 atom stereocenters. The summed E-state index contributed by atoms with van der Waals surface area (Å²) in [4.78, 5) is 1.25. The maximum Gasteiger partial charge on any atom is 0.174 e. The van der Waals surface area contributed by atoms with Gasteiger partial charge < -0.3 is 4.74 Å². The lowest BCUT2D eigenvalue weighted by molar-refractivity contribution is 0.373. The average molecular weight is 419 g/mol. The minimum absolute atomic E-state index is 0.646. The minimum Gasteiger partial charge on any atom is -0.480 e. The van der Waals surface area contributed by atoms with Crippen molar-refractivity contribution in [2.24, 2.45) is 0 Å². The first-order valence-electron chi connectivity index (χ1n) is 11.4. The Morgan fingerprint density at radius 1 is 0.700 bits per heavy atom. The molecular weight excluding hydrogens is 384 g/mol. The summed E-state index contributed by atoms with van der Waals surface area (Å²) in [6.45, 7) is 5.10. The number of thiophene rings is 1. The maximum absolute atomic E-state index is 5.83. The van der Waals surface area contributed by atoms with Gasteiger partial charge >= 0.3 is 0 Å². The van der Waals surface area contributed by atoms with Crippen molar-refractivity contribution in [1.82, 2.24) is 0 Å². The molecule has 0 aliphatic carbocycles. The van der Waals surface area contributed by atoms with Gasteiger partial charge in [-0.1, -0.05) is 112 Å². The highest BCUT2D eigenvalue weighted by atomic mass is 32.1. The van der Waals surface area contributed by atoms with Crippen molar-refractivity contribution in [2.45, 2.75) is 58.8 Å². The molecule has 0 unspecified atom stereocenters. The second-order valence-corrected chi connectivity index (χ2v) is 8.82. The predicted molar refractivity (Wildman–Crippen MR) is 133 cm³/mol. The molecule has 30 heavy (non-hydrogen) atoms. The largest absolute Gasteiger partial charge is 0.480 e. The van der Waals surface area contributed by atoms with Crippen molar-refractivity contribution < 1.29 is 4.74 Å². The highest BCUT2D eigenvalue weighted by molar-refractivity contribution is 7.17. The molecule has 0 aliphatic heterocycles. The number of rotatable bonds is 12. The lowest BCUT2D eigenvalue weighted by Crippen LogP contribution is -1.90. The van der Waals surface area contributed by atoms with E-state index in [4.69, 9.17) is 4.74 Å². The Hall–Kier alpha value is -2.32. The van der Waals surface area contributed by atoms with E-state index >= 15 is 0 Å². The van der Waals surface area contributed by atoms with Gasteiger partial charge in [0, 0.05) is 4.88 Å². The smallest absolute Gasteiger partial charge is 0.174 e. The Kier molecular flexibility index (Phi) is 9.24. The number of hydrogen-bond acceptors (Lipinski definition) is 2. The molecule has 0 spiro atoms. The van der Waals surface area contributed by atoms with Gasteiger partial charge in [-0.3, -0.25) is 0 Å². The molecule has 1 aromatic heterocycles. The Labute approximate surface area is 186 Å².